The van der Waals surface area contributed by atoms with Crippen LogP contribution in [0.3, 0.4) is 0 Å². The van der Waals surface area contributed by atoms with Crippen LogP contribution in [0.1, 0.15) is 16.8 Å². The average Bonchev–Trinajstić information content (AvgIpc) is 2.32. The second kappa shape index (κ2) is 5.83. The van der Waals surface area contributed by atoms with E-state index in [1.165, 1.54) is 19.2 Å². The van der Waals surface area contributed by atoms with E-state index in [9.17, 15) is 14.0 Å². The quantitative estimate of drug-likeness (QED) is 0.631. The number of nitrogen functional groups attached to an aromatic ring is 1. The molecule has 0 saturated carbocycles. The molecule has 1 aromatic rings. The van der Waals surface area contributed by atoms with Crippen molar-refractivity contribution in [2.24, 2.45) is 0 Å². The lowest BCUT2D eigenvalue weighted by atomic mass is 10.2. The van der Waals surface area contributed by atoms with Crippen LogP contribution in [0.4, 0.5) is 10.1 Å². The van der Waals surface area contributed by atoms with Gasteiger partial charge in [0, 0.05) is 0 Å². The Kier molecular flexibility index (Phi) is 4.45. The highest BCUT2D eigenvalue weighted by Gasteiger charge is 2.10. The Labute approximate surface area is 97.3 Å². The van der Waals surface area contributed by atoms with E-state index < -0.39 is 17.8 Å². The standard InChI is InChI=1S/C11H12FNO4/c1-16-10(14)4-5-17-11(15)7-2-3-9(13)8(12)6-7/h2-3,6H,4-5,13H2,1H3. The van der Waals surface area contributed by atoms with Gasteiger partial charge in [-0.3, -0.25) is 4.79 Å². The molecule has 0 bridgehead atoms. The lowest BCUT2D eigenvalue weighted by Crippen LogP contribution is -2.11. The largest absolute Gasteiger partial charge is 0.469 e. The van der Waals surface area contributed by atoms with E-state index in [-0.39, 0.29) is 24.3 Å². The summed E-state index contributed by atoms with van der Waals surface area (Å²) in [7, 11) is 1.24. The van der Waals surface area contributed by atoms with Crippen molar-refractivity contribution in [2.45, 2.75) is 6.42 Å². The van der Waals surface area contributed by atoms with E-state index in [2.05, 4.69) is 4.74 Å². The maximum absolute atomic E-state index is 13.0. The second-order valence-electron chi connectivity index (χ2n) is 3.20. The number of ether oxygens (including phenoxy) is 2. The van der Waals surface area contributed by atoms with Crippen molar-refractivity contribution in [2.75, 3.05) is 19.5 Å². The monoisotopic (exact) mass is 241 g/mol. The van der Waals surface area contributed by atoms with Crippen molar-refractivity contribution >= 4 is 17.6 Å². The predicted octanol–water partition coefficient (Wildman–Crippen LogP) is 1.13. The number of methoxy groups -OCH3 is 1. The van der Waals surface area contributed by atoms with Gasteiger partial charge in [-0.25, -0.2) is 9.18 Å². The molecule has 6 heteroatoms. The van der Waals surface area contributed by atoms with Crippen molar-refractivity contribution < 1.29 is 23.5 Å². The number of hydrogen-bond acceptors (Lipinski definition) is 5. The van der Waals surface area contributed by atoms with E-state index in [1.807, 2.05) is 0 Å². The molecule has 0 aromatic heterocycles. The summed E-state index contributed by atoms with van der Waals surface area (Å²) >= 11 is 0. The van der Waals surface area contributed by atoms with Gasteiger partial charge >= 0.3 is 11.9 Å². The van der Waals surface area contributed by atoms with Gasteiger partial charge in [-0.15, -0.1) is 0 Å². The van der Waals surface area contributed by atoms with Gasteiger partial charge in [0.1, 0.15) is 12.4 Å². The van der Waals surface area contributed by atoms with Gasteiger partial charge in [0.05, 0.1) is 24.8 Å². The maximum Gasteiger partial charge on any atom is 0.338 e. The number of rotatable bonds is 4. The number of esters is 2. The SMILES string of the molecule is COC(=O)CCOC(=O)c1ccc(N)c(F)c1. The minimum atomic E-state index is -0.715. The topological polar surface area (TPSA) is 78.6 Å². The first kappa shape index (κ1) is 13.0. The van der Waals surface area contributed by atoms with E-state index in [1.54, 1.807) is 0 Å². The maximum atomic E-state index is 13.0. The van der Waals surface area contributed by atoms with Crippen LogP contribution in [0.2, 0.25) is 0 Å². The van der Waals surface area contributed by atoms with Gasteiger partial charge in [-0.05, 0) is 18.2 Å². The molecule has 0 unspecified atom stereocenters. The van der Waals surface area contributed by atoms with Gasteiger partial charge in [-0.2, -0.15) is 0 Å². The molecule has 0 aliphatic carbocycles. The summed E-state index contributed by atoms with van der Waals surface area (Å²) in [5, 5.41) is 0. The number of benzene rings is 1. The summed E-state index contributed by atoms with van der Waals surface area (Å²) in [6.45, 7) is -0.114. The van der Waals surface area contributed by atoms with Crippen LogP contribution in [0.15, 0.2) is 18.2 Å². The van der Waals surface area contributed by atoms with E-state index in [4.69, 9.17) is 10.5 Å². The summed E-state index contributed by atoms with van der Waals surface area (Å²) in [5.41, 5.74) is 5.26. The number of carbonyl (C=O) groups is 2. The fraction of sp³-hybridized carbons (Fsp3) is 0.273. The molecule has 2 N–H and O–H groups in total. The third kappa shape index (κ3) is 3.75. The average molecular weight is 241 g/mol. The Bertz CT molecular complexity index is 433. The molecule has 0 radical (unpaired) electrons. The fourth-order valence-electron chi connectivity index (χ4n) is 1.07. The molecule has 0 aliphatic rings. The molecule has 92 valence electrons. The lowest BCUT2D eigenvalue weighted by molar-refractivity contribution is -0.141. The Morgan fingerprint density at radius 1 is 1.41 bits per heavy atom. The van der Waals surface area contributed by atoms with Crippen molar-refractivity contribution in [3.05, 3.63) is 29.6 Å². The van der Waals surface area contributed by atoms with Crippen LogP contribution in [0.5, 0.6) is 0 Å². The Balaban J connectivity index is 2.52. The number of nitrogens with two attached hydrogens (primary N) is 1. The van der Waals surface area contributed by atoms with Crippen molar-refractivity contribution in [1.29, 1.82) is 0 Å². The summed E-state index contributed by atoms with van der Waals surface area (Å²) in [5.74, 6) is -1.89. The first-order valence-corrected chi connectivity index (χ1v) is 4.83. The van der Waals surface area contributed by atoms with Gasteiger partial charge in [0.15, 0.2) is 0 Å². The van der Waals surface area contributed by atoms with Crippen molar-refractivity contribution in [3.8, 4) is 0 Å². The first-order valence-electron chi connectivity index (χ1n) is 4.83. The molecule has 0 spiro atoms. The second-order valence-corrected chi connectivity index (χ2v) is 3.20. The molecule has 0 amide bonds. The predicted molar refractivity (Wildman–Crippen MR) is 57.7 cm³/mol. The molecule has 0 saturated heterocycles. The van der Waals surface area contributed by atoms with Crippen molar-refractivity contribution in [1.82, 2.24) is 0 Å². The molecule has 0 fully saturated rings. The van der Waals surface area contributed by atoms with Crippen LogP contribution in [-0.2, 0) is 14.3 Å². The van der Waals surface area contributed by atoms with Gasteiger partial charge < -0.3 is 15.2 Å². The molecular formula is C11H12FNO4. The molecule has 1 aromatic carbocycles. The lowest BCUT2D eigenvalue weighted by Gasteiger charge is -2.04. The smallest absolute Gasteiger partial charge is 0.338 e. The van der Waals surface area contributed by atoms with Crippen molar-refractivity contribution in [3.63, 3.8) is 0 Å². The Morgan fingerprint density at radius 3 is 2.71 bits per heavy atom. The van der Waals surface area contributed by atoms with Crippen LogP contribution >= 0.6 is 0 Å². The zero-order valence-electron chi connectivity index (χ0n) is 9.23. The third-order valence-corrected chi connectivity index (χ3v) is 2.00. The molecule has 0 heterocycles. The Morgan fingerprint density at radius 2 is 2.12 bits per heavy atom. The van der Waals surface area contributed by atoms with Gasteiger partial charge in [-0.1, -0.05) is 0 Å². The van der Waals surface area contributed by atoms with E-state index in [0.717, 1.165) is 6.07 Å². The minimum absolute atomic E-state index is 0.0420. The number of carbonyl (C=O) groups excluding carboxylic acids is 2. The minimum Gasteiger partial charge on any atom is -0.469 e. The van der Waals surface area contributed by atoms with Crippen LogP contribution in [-0.4, -0.2) is 25.7 Å². The van der Waals surface area contributed by atoms with Gasteiger partial charge in [0.2, 0.25) is 0 Å². The molecule has 5 nitrogen and oxygen atoms in total. The molecule has 1 rings (SSSR count). The van der Waals surface area contributed by atoms with Crippen LogP contribution in [0, 0.1) is 5.82 Å². The fourth-order valence-corrected chi connectivity index (χ4v) is 1.07. The summed E-state index contributed by atoms with van der Waals surface area (Å²) in [4.78, 5) is 22.1. The summed E-state index contributed by atoms with van der Waals surface area (Å²) in [6, 6.07) is 3.60. The van der Waals surface area contributed by atoms with Crippen LogP contribution in [0.25, 0.3) is 0 Å². The summed E-state index contributed by atoms with van der Waals surface area (Å²) in [6.07, 6.45) is -0.0420. The molecule has 0 aliphatic heterocycles. The first-order chi connectivity index (χ1) is 8.04. The van der Waals surface area contributed by atoms with Crippen LogP contribution < -0.4 is 5.73 Å². The molecule has 0 atom stereocenters. The number of hydrogen-bond donors (Lipinski definition) is 1. The summed E-state index contributed by atoms with van der Waals surface area (Å²) < 4.78 is 22.2. The number of halogens is 1. The van der Waals surface area contributed by atoms with E-state index in [0.29, 0.717) is 0 Å². The zero-order valence-corrected chi connectivity index (χ0v) is 9.23. The molecule has 17 heavy (non-hydrogen) atoms. The van der Waals surface area contributed by atoms with E-state index >= 15 is 0 Å². The highest BCUT2D eigenvalue weighted by atomic mass is 19.1. The highest BCUT2D eigenvalue weighted by Crippen LogP contribution is 2.12. The normalized spacial score (nSPS) is 9.76. The highest BCUT2D eigenvalue weighted by molar-refractivity contribution is 5.90. The van der Waals surface area contributed by atoms with Gasteiger partial charge in [0.25, 0.3) is 0 Å². The molecular weight excluding hydrogens is 229 g/mol. The number of anilines is 1. The Hall–Kier alpha value is -2.11. The third-order valence-electron chi connectivity index (χ3n) is 2.00. The zero-order chi connectivity index (χ0) is 12.8.